The van der Waals surface area contributed by atoms with Crippen molar-refractivity contribution in [3.8, 4) is 0 Å². The summed E-state index contributed by atoms with van der Waals surface area (Å²) >= 11 is 0. The van der Waals surface area contributed by atoms with Gasteiger partial charge in [0.1, 0.15) is 17.5 Å². The summed E-state index contributed by atoms with van der Waals surface area (Å²) in [5.74, 6) is 1.80. The van der Waals surface area contributed by atoms with Crippen molar-refractivity contribution >= 4 is 5.82 Å². The van der Waals surface area contributed by atoms with Crippen LogP contribution in [0.5, 0.6) is 0 Å². The molecular weight excluding hydrogens is 403 g/mol. The van der Waals surface area contributed by atoms with Crippen LogP contribution in [0.1, 0.15) is 48.5 Å². The summed E-state index contributed by atoms with van der Waals surface area (Å²) < 4.78 is 13.3. The van der Waals surface area contributed by atoms with E-state index < -0.39 is 0 Å². The average Bonchev–Trinajstić information content (AvgIpc) is 3.28. The molecule has 0 unspecified atom stereocenters. The zero-order valence-electron chi connectivity index (χ0n) is 18.5. The number of anilines is 1. The monoisotopic (exact) mass is 432 g/mol. The van der Waals surface area contributed by atoms with Gasteiger partial charge in [-0.2, -0.15) is 0 Å². The molecule has 7 heteroatoms. The molecule has 32 heavy (non-hydrogen) atoms. The van der Waals surface area contributed by atoms with E-state index in [9.17, 15) is 4.39 Å². The first-order valence-corrected chi connectivity index (χ1v) is 11.5. The first-order chi connectivity index (χ1) is 15.6. The third kappa shape index (κ3) is 4.78. The fourth-order valence-corrected chi connectivity index (χ4v) is 4.65. The van der Waals surface area contributed by atoms with E-state index in [1.165, 1.54) is 38.1 Å². The average molecular weight is 433 g/mol. The van der Waals surface area contributed by atoms with Crippen molar-refractivity contribution < 1.29 is 4.39 Å². The van der Waals surface area contributed by atoms with Gasteiger partial charge < -0.3 is 4.90 Å². The van der Waals surface area contributed by atoms with Crippen molar-refractivity contribution in [3.05, 3.63) is 77.5 Å². The van der Waals surface area contributed by atoms with Crippen LogP contribution in [0.15, 0.2) is 48.9 Å². The number of nitrogens with zero attached hydrogens (tertiary/aromatic N) is 6. The third-order valence-electron chi connectivity index (χ3n) is 6.56. The molecule has 0 aliphatic carbocycles. The van der Waals surface area contributed by atoms with Crippen LogP contribution in [0.2, 0.25) is 0 Å². The largest absolute Gasteiger partial charge is 0.353 e. The molecule has 1 aromatic carbocycles. The van der Waals surface area contributed by atoms with Gasteiger partial charge in [0, 0.05) is 56.6 Å². The molecule has 4 heterocycles. The van der Waals surface area contributed by atoms with Crippen molar-refractivity contribution in [2.45, 2.75) is 44.6 Å². The predicted molar refractivity (Wildman–Crippen MR) is 122 cm³/mol. The Labute approximate surface area is 188 Å². The summed E-state index contributed by atoms with van der Waals surface area (Å²) in [4.78, 5) is 23.4. The smallest absolute Gasteiger partial charge is 0.132 e. The number of likely N-dealkylation sites (tertiary alicyclic amines) is 1. The molecule has 3 aromatic rings. The highest BCUT2D eigenvalue weighted by atomic mass is 19.1. The molecule has 6 nitrogen and oxygen atoms in total. The minimum atomic E-state index is -0.212. The van der Waals surface area contributed by atoms with Gasteiger partial charge in [0.15, 0.2) is 0 Å². The van der Waals surface area contributed by atoms with Crippen LogP contribution < -0.4 is 4.90 Å². The maximum Gasteiger partial charge on any atom is 0.132 e. The van der Waals surface area contributed by atoms with E-state index in [1.807, 2.05) is 12.1 Å². The molecule has 0 amide bonds. The molecule has 2 aliphatic rings. The van der Waals surface area contributed by atoms with E-state index in [0.29, 0.717) is 18.9 Å². The number of rotatable bonds is 7. The number of hydrogen-bond donors (Lipinski definition) is 0. The molecule has 2 aromatic heterocycles. The first kappa shape index (κ1) is 20.9. The summed E-state index contributed by atoms with van der Waals surface area (Å²) in [6, 6.07) is 9.46. The van der Waals surface area contributed by atoms with Crippen molar-refractivity contribution in [3.63, 3.8) is 0 Å². The predicted octanol–water partition coefficient (Wildman–Crippen LogP) is 3.63. The molecule has 1 atom stereocenters. The van der Waals surface area contributed by atoms with Gasteiger partial charge in [0.05, 0.1) is 11.4 Å². The van der Waals surface area contributed by atoms with Gasteiger partial charge in [-0.25, -0.2) is 14.4 Å². The second kappa shape index (κ2) is 9.28. The number of aromatic nitrogens is 4. The standard InChI is InChI=1S/C25H29FN6/c1-18(19-4-6-20(26)7-5-19)12-24-29-21(13-22-15-27-8-9-28-22)14-25(30-24)32-16-23(17-32)31-10-2-3-11-31/h4-9,14-15,18,23H,2-3,10-13,16-17H2,1H3/t18-/m1/s1. The molecule has 2 fully saturated rings. The Balaban J connectivity index is 1.36. The Morgan fingerprint density at radius 2 is 1.81 bits per heavy atom. The molecule has 0 bridgehead atoms. The quantitative estimate of drug-likeness (QED) is 0.568. The fourth-order valence-electron chi connectivity index (χ4n) is 4.65. The molecule has 0 N–H and O–H groups in total. The summed E-state index contributed by atoms with van der Waals surface area (Å²) in [7, 11) is 0. The minimum absolute atomic E-state index is 0.198. The van der Waals surface area contributed by atoms with Crippen LogP contribution in [-0.2, 0) is 12.8 Å². The van der Waals surface area contributed by atoms with Crippen molar-refractivity contribution in [1.29, 1.82) is 0 Å². The second-order valence-electron chi connectivity index (χ2n) is 8.97. The molecular formula is C25H29FN6. The molecule has 5 rings (SSSR count). The topological polar surface area (TPSA) is 58.0 Å². The molecule has 0 radical (unpaired) electrons. The first-order valence-electron chi connectivity index (χ1n) is 11.5. The van der Waals surface area contributed by atoms with E-state index in [4.69, 9.17) is 9.97 Å². The fraction of sp³-hybridized carbons (Fsp3) is 0.440. The summed E-state index contributed by atoms with van der Waals surface area (Å²) in [6.45, 7) is 6.63. The lowest BCUT2D eigenvalue weighted by Crippen LogP contribution is -2.59. The summed E-state index contributed by atoms with van der Waals surface area (Å²) in [5.41, 5.74) is 2.95. The zero-order chi connectivity index (χ0) is 21.9. The van der Waals surface area contributed by atoms with E-state index in [0.717, 1.165) is 41.7 Å². The van der Waals surface area contributed by atoms with Crippen molar-refractivity contribution in [1.82, 2.24) is 24.8 Å². The van der Waals surface area contributed by atoms with Crippen LogP contribution in [0.4, 0.5) is 10.2 Å². The number of hydrogen-bond acceptors (Lipinski definition) is 6. The Morgan fingerprint density at radius 1 is 1.03 bits per heavy atom. The van der Waals surface area contributed by atoms with Crippen LogP contribution in [-0.4, -0.2) is 57.1 Å². The van der Waals surface area contributed by atoms with Crippen molar-refractivity contribution in [2.24, 2.45) is 0 Å². The van der Waals surface area contributed by atoms with Gasteiger partial charge in [-0.3, -0.25) is 14.9 Å². The summed E-state index contributed by atoms with van der Waals surface area (Å²) in [5, 5.41) is 0. The zero-order valence-corrected chi connectivity index (χ0v) is 18.5. The molecule has 0 saturated carbocycles. The van der Waals surface area contributed by atoms with Crippen molar-refractivity contribution in [2.75, 3.05) is 31.1 Å². The van der Waals surface area contributed by atoms with Gasteiger partial charge in [-0.05, 0) is 49.5 Å². The lowest BCUT2D eigenvalue weighted by molar-refractivity contribution is 0.204. The number of halogens is 1. The Morgan fingerprint density at radius 3 is 2.53 bits per heavy atom. The summed E-state index contributed by atoms with van der Waals surface area (Å²) in [6.07, 6.45) is 9.15. The van der Waals surface area contributed by atoms with Gasteiger partial charge in [-0.15, -0.1) is 0 Å². The van der Waals surface area contributed by atoms with E-state index in [1.54, 1.807) is 18.6 Å². The maximum absolute atomic E-state index is 13.3. The Hall–Kier alpha value is -2.93. The van der Waals surface area contributed by atoms with E-state index in [2.05, 4.69) is 32.8 Å². The highest BCUT2D eigenvalue weighted by Crippen LogP contribution is 2.27. The molecule has 0 spiro atoms. The van der Waals surface area contributed by atoms with Gasteiger partial charge in [-0.1, -0.05) is 19.1 Å². The van der Waals surface area contributed by atoms with Crippen LogP contribution in [0.3, 0.4) is 0 Å². The van der Waals surface area contributed by atoms with Crippen LogP contribution in [0, 0.1) is 5.82 Å². The SMILES string of the molecule is C[C@H](Cc1nc(Cc2cnccn2)cc(N2CC(N3CCCC3)C2)n1)c1ccc(F)cc1. The Bertz CT molecular complexity index is 1030. The van der Waals surface area contributed by atoms with Gasteiger partial charge >= 0.3 is 0 Å². The van der Waals surface area contributed by atoms with Gasteiger partial charge in [0.2, 0.25) is 0 Å². The number of benzene rings is 1. The van der Waals surface area contributed by atoms with Gasteiger partial charge in [0.25, 0.3) is 0 Å². The maximum atomic E-state index is 13.3. The van der Waals surface area contributed by atoms with E-state index >= 15 is 0 Å². The Kier molecular flexibility index (Phi) is 6.08. The molecule has 2 aliphatic heterocycles. The minimum Gasteiger partial charge on any atom is -0.353 e. The van der Waals surface area contributed by atoms with Crippen LogP contribution >= 0.6 is 0 Å². The van der Waals surface area contributed by atoms with E-state index in [-0.39, 0.29) is 11.7 Å². The molecule has 2 saturated heterocycles. The highest BCUT2D eigenvalue weighted by molar-refractivity contribution is 5.44. The lowest BCUT2D eigenvalue weighted by Gasteiger charge is -2.44. The highest BCUT2D eigenvalue weighted by Gasteiger charge is 2.34. The second-order valence-corrected chi connectivity index (χ2v) is 8.97. The molecule has 166 valence electrons. The van der Waals surface area contributed by atoms with Crippen LogP contribution in [0.25, 0.3) is 0 Å². The third-order valence-corrected chi connectivity index (χ3v) is 6.56. The normalized spacial score (nSPS) is 18.0. The lowest BCUT2D eigenvalue weighted by atomic mass is 9.97.